The first-order valence-electron chi connectivity index (χ1n) is 23.4. The van der Waals surface area contributed by atoms with E-state index in [1.807, 2.05) is 0 Å². The fraction of sp³-hybridized carbons (Fsp3) is 0.875. The smallest absolute Gasteiger partial charge is 0.306 e. The zero-order valence-corrected chi connectivity index (χ0v) is 35.5. The molecule has 0 aliphatic carbocycles. The number of esters is 2. The normalized spacial score (nSPS) is 12.3. The topological polar surface area (TPSA) is 72.8 Å². The Bertz CT molecular complexity index is 806. The summed E-state index contributed by atoms with van der Waals surface area (Å²) in [7, 11) is 0. The van der Waals surface area contributed by atoms with Gasteiger partial charge in [-0.2, -0.15) is 0 Å². The molecule has 0 spiro atoms. The molecule has 0 saturated carbocycles. The standard InChI is InChI=1S/C48H90O5/c1-3-5-7-9-11-13-15-17-18-19-20-21-22-23-24-25-26-27-28-29-30-31-33-35-37-39-41-43-48(51)53-46(44-49)45-52-47(50)42-40-38-36-34-32-16-14-12-10-8-6-4-2/h15,17,19-20,46,49H,3-14,16,18,21-45H2,1-2H3/b17-15-,20-19-. The van der Waals surface area contributed by atoms with Crippen molar-refractivity contribution in [1.82, 2.24) is 0 Å². The number of carbonyl (C=O) groups excluding carboxylic acids is 2. The summed E-state index contributed by atoms with van der Waals surface area (Å²) >= 11 is 0. The Morgan fingerprint density at radius 3 is 1.11 bits per heavy atom. The largest absolute Gasteiger partial charge is 0.462 e. The van der Waals surface area contributed by atoms with Crippen molar-refractivity contribution in [2.45, 2.75) is 258 Å². The molecule has 53 heavy (non-hydrogen) atoms. The molecule has 312 valence electrons. The van der Waals surface area contributed by atoms with Gasteiger partial charge in [0, 0.05) is 12.8 Å². The summed E-state index contributed by atoms with van der Waals surface area (Å²) in [6.07, 6.45) is 54.1. The van der Waals surface area contributed by atoms with Crippen molar-refractivity contribution in [3.63, 3.8) is 0 Å². The molecule has 0 radical (unpaired) electrons. The van der Waals surface area contributed by atoms with E-state index in [0.717, 1.165) is 44.9 Å². The first kappa shape index (κ1) is 51.4. The van der Waals surface area contributed by atoms with E-state index in [0.29, 0.717) is 12.8 Å². The predicted molar refractivity (Wildman–Crippen MR) is 228 cm³/mol. The maximum Gasteiger partial charge on any atom is 0.306 e. The molecule has 0 aromatic rings. The second-order valence-electron chi connectivity index (χ2n) is 15.8. The van der Waals surface area contributed by atoms with Crippen molar-refractivity contribution in [3.05, 3.63) is 24.3 Å². The minimum absolute atomic E-state index is 0.0602. The number of aliphatic hydroxyl groups is 1. The highest BCUT2D eigenvalue weighted by molar-refractivity contribution is 5.70. The molecular formula is C48H90O5. The summed E-state index contributed by atoms with van der Waals surface area (Å²) in [5.41, 5.74) is 0. The predicted octanol–water partition coefficient (Wildman–Crippen LogP) is 15.0. The van der Waals surface area contributed by atoms with E-state index in [9.17, 15) is 14.7 Å². The zero-order chi connectivity index (χ0) is 38.6. The monoisotopic (exact) mass is 747 g/mol. The van der Waals surface area contributed by atoms with Crippen LogP contribution in [-0.4, -0.2) is 36.4 Å². The highest BCUT2D eigenvalue weighted by Crippen LogP contribution is 2.16. The second kappa shape index (κ2) is 44.8. The van der Waals surface area contributed by atoms with Crippen molar-refractivity contribution >= 4 is 11.9 Å². The summed E-state index contributed by atoms with van der Waals surface area (Å²) in [6, 6.07) is 0. The quantitative estimate of drug-likeness (QED) is 0.0382. The van der Waals surface area contributed by atoms with Crippen LogP contribution in [0.15, 0.2) is 24.3 Å². The van der Waals surface area contributed by atoms with E-state index in [-0.39, 0.29) is 25.2 Å². The molecule has 5 nitrogen and oxygen atoms in total. The number of allylic oxidation sites excluding steroid dienone is 4. The van der Waals surface area contributed by atoms with Crippen molar-refractivity contribution in [2.75, 3.05) is 13.2 Å². The Morgan fingerprint density at radius 2 is 0.755 bits per heavy atom. The van der Waals surface area contributed by atoms with Crippen molar-refractivity contribution in [3.8, 4) is 0 Å². The highest BCUT2D eigenvalue weighted by atomic mass is 16.6. The van der Waals surface area contributed by atoms with E-state index in [2.05, 4.69) is 38.2 Å². The molecule has 0 rings (SSSR count). The number of carbonyl (C=O) groups is 2. The molecule has 5 heteroatoms. The van der Waals surface area contributed by atoms with Gasteiger partial charge in [0.2, 0.25) is 0 Å². The molecule has 1 atom stereocenters. The summed E-state index contributed by atoms with van der Waals surface area (Å²) < 4.78 is 10.6. The minimum atomic E-state index is -0.766. The van der Waals surface area contributed by atoms with Crippen LogP contribution in [0.1, 0.15) is 251 Å². The zero-order valence-electron chi connectivity index (χ0n) is 35.5. The van der Waals surface area contributed by atoms with Crippen LogP contribution in [0.2, 0.25) is 0 Å². The number of aliphatic hydroxyl groups excluding tert-OH is 1. The van der Waals surface area contributed by atoms with Crippen LogP contribution >= 0.6 is 0 Å². The Balaban J connectivity index is 3.44. The van der Waals surface area contributed by atoms with Crippen LogP contribution in [-0.2, 0) is 19.1 Å². The lowest BCUT2D eigenvalue weighted by atomic mass is 10.0. The lowest BCUT2D eigenvalue weighted by Crippen LogP contribution is -2.28. The molecule has 0 aliphatic heterocycles. The molecule has 0 amide bonds. The molecule has 0 saturated heterocycles. The molecule has 1 N–H and O–H groups in total. The van der Waals surface area contributed by atoms with Gasteiger partial charge in [-0.3, -0.25) is 9.59 Å². The average Bonchev–Trinajstić information content (AvgIpc) is 3.16. The lowest BCUT2D eigenvalue weighted by molar-refractivity contribution is -0.161. The Labute approximate surface area is 330 Å². The molecule has 1 unspecified atom stereocenters. The number of rotatable bonds is 43. The van der Waals surface area contributed by atoms with Crippen LogP contribution < -0.4 is 0 Å². The van der Waals surface area contributed by atoms with Crippen LogP contribution in [0.25, 0.3) is 0 Å². The summed E-state index contributed by atoms with van der Waals surface area (Å²) in [4.78, 5) is 24.3. The fourth-order valence-electron chi connectivity index (χ4n) is 6.94. The van der Waals surface area contributed by atoms with Crippen LogP contribution in [0.5, 0.6) is 0 Å². The molecular weight excluding hydrogens is 657 g/mol. The van der Waals surface area contributed by atoms with Crippen molar-refractivity contribution in [2.24, 2.45) is 0 Å². The first-order chi connectivity index (χ1) is 26.1. The van der Waals surface area contributed by atoms with Gasteiger partial charge in [-0.25, -0.2) is 0 Å². The number of hydrogen-bond donors (Lipinski definition) is 1. The summed E-state index contributed by atoms with van der Waals surface area (Å²) in [6.45, 7) is 4.15. The van der Waals surface area contributed by atoms with Gasteiger partial charge in [0.05, 0.1) is 6.61 Å². The van der Waals surface area contributed by atoms with Gasteiger partial charge in [0.25, 0.3) is 0 Å². The van der Waals surface area contributed by atoms with Gasteiger partial charge in [-0.05, 0) is 44.9 Å². The number of hydrogen-bond acceptors (Lipinski definition) is 5. The van der Waals surface area contributed by atoms with E-state index < -0.39 is 6.10 Å². The maximum absolute atomic E-state index is 12.2. The lowest BCUT2D eigenvalue weighted by Gasteiger charge is -2.15. The van der Waals surface area contributed by atoms with Crippen molar-refractivity contribution < 1.29 is 24.2 Å². The van der Waals surface area contributed by atoms with Gasteiger partial charge in [0.15, 0.2) is 6.10 Å². The number of ether oxygens (including phenoxy) is 2. The minimum Gasteiger partial charge on any atom is -0.462 e. The van der Waals surface area contributed by atoms with Gasteiger partial charge in [-0.1, -0.05) is 218 Å². The molecule has 0 aromatic carbocycles. The van der Waals surface area contributed by atoms with Gasteiger partial charge >= 0.3 is 11.9 Å². The Hall–Kier alpha value is -1.62. The fourth-order valence-corrected chi connectivity index (χ4v) is 6.94. The maximum atomic E-state index is 12.2. The molecule has 0 fully saturated rings. The molecule has 0 bridgehead atoms. The summed E-state index contributed by atoms with van der Waals surface area (Å²) in [5.74, 6) is -0.579. The van der Waals surface area contributed by atoms with E-state index >= 15 is 0 Å². The average molecular weight is 747 g/mol. The van der Waals surface area contributed by atoms with Gasteiger partial charge in [0.1, 0.15) is 6.61 Å². The molecule has 0 aliphatic rings. The second-order valence-corrected chi connectivity index (χ2v) is 15.8. The van der Waals surface area contributed by atoms with Crippen LogP contribution in [0.4, 0.5) is 0 Å². The first-order valence-corrected chi connectivity index (χ1v) is 23.4. The third-order valence-electron chi connectivity index (χ3n) is 10.5. The van der Waals surface area contributed by atoms with E-state index in [1.54, 1.807) is 0 Å². The van der Waals surface area contributed by atoms with E-state index in [1.165, 1.54) is 180 Å². The van der Waals surface area contributed by atoms with Gasteiger partial charge in [-0.15, -0.1) is 0 Å². The molecule has 0 heterocycles. The van der Waals surface area contributed by atoms with E-state index in [4.69, 9.17) is 9.47 Å². The highest BCUT2D eigenvalue weighted by Gasteiger charge is 2.16. The van der Waals surface area contributed by atoms with Crippen LogP contribution in [0.3, 0.4) is 0 Å². The Morgan fingerprint density at radius 1 is 0.434 bits per heavy atom. The number of unbranched alkanes of at least 4 members (excludes halogenated alkanes) is 31. The van der Waals surface area contributed by atoms with Gasteiger partial charge < -0.3 is 14.6 Å². The van der Waals surface area contributed by atoms with Crippen molar-refractivity contribution in [1.29, 1.82) is 0 Å². The Kier molecular flexibility index (Phi) is 43.4. The van der Waals surface area contributed by atoms with Crippen LogP contribution in [0, 0.1) is 0 Å². The SMILES string of the molecule is CCCCCCC/C=C\C/C=C\CCCCCCCCCCCCCCCCCC(=O)OC(CO)COC(=O)CCCCCCCCCCCCCC. The molecule has 0 aromatic heterocycles. The third kappa shape index (κ3) is 43.0. The summed E-state index contributed by atoms with van der Waals surface area (Å²) in [5, 5.41) is 9.58. The third-order valence-corrected chi connectivity index (χ3v) is 10.5.